The lowest BCUT2D eigenvalue weighted by Crippen LogP contribution is -2.30. The van der Waals surface area contributed by atoms with Gasteiger partial charge in [0.15, 0.2) is 0 Å². The van der Waals surface area contributed by atoms with Gasteiger partial charge in [-0.3, -0.25) is 0 Å². The maximum absolute atomic E-state index is 3.73. The largest absolute Gasteiger partial charge is 0.317 e. The van der Waals surface area contributed by atoms with Gasteiger partial charge in [-0.2, -0.15) is 0 Å². The molecule has 0 saturated carbocycles. The Bertz CT molecular complexity index is 162. The van der Waals surface area contributed by atoms with Crippen LogP contribution >= 0.6 is 0 Å². The molecule has 1 aliphatic rings. The SMILES string of the molecule is CCCCCCCCCCNC1CCCNCC1. The molecular weight excluding hydrogens is 220 g/mol. The van der Waals surface area contributed by atoms with Gasteiger partial charge in [0.1, 0.15) is 0 Å². The molecule has 0 amide bonds. The van der Waals surface area contributed by atoms with Crippen molar-refractivity contribution in [2.24, 2.45) is 0 Å². The summed E-state index contributed by atoms with van der Waals surface area (Å²) in [4.78, 5) is 0. The first-order valence-electron chi connectivity index (χ1n) is 8.37. The summed E-state index contributed by atoms with van der Waals surface area (Å²) in [6.45, 7) is 5.94. The minimum absolute atomic E-state index is 0.782. The zero-order chi connectivity index (χ0) is 12.9. The summed E-state index contributed by atoms with van der Waals surface area (Å²) in [5, 5.41) is 7.21. The number of rotatable bonds is 10. The van der Waals surface area contributed by atoms with Crippen molar-refractivity contribution < 1.29 is 0 Å². The third-order valence-electron chi connectivity index (χ3n) is 4.04. The van der Waals surface area contributed by atoms with Crippen LogP contribution in [0.1, 0.15) is 77.6 Å². The molecule has 1 rings (SSSR count). The summed E-state index contributed by atoms with van der Waals surface area (Å²) in [6.07, 6.45) is 15.4. The highest BCUT2D eigenvalue weighted by atomic mass is 14.9. The molecule has 0 spiro atoms. The molecule has 108 valence electrons. The fraction of sp³-hybridized carbons (Fsp3) is 1.00. The van der Waals surface area contributed by atoms with E-state index in [1.165, 1.54) is 90.3 Å². The predicted octanol–water partition coefficient (Wildman–Crippen LogP) is 3.86. The van der Waals surface area contributed by atoms with Crippen LogP contribution in [0.15, 0.2) is 0 Å². The summed E-state index contributed by atoms with van der Waals surface area (Å²) in [5.41, 5.74) is 0. The summed E-state index contributed by atoms with van der Waals surface area (Å²) < 4.78 is 0. The maximum atomic E-state index is 3.73. The monoisotopic (exact) mass is 254 g/mol. The molecule has 18 heavy (non-hydrogen) atoms. The fourth-order valence-corrected chi connectivity index (χ4v) is 2.79. The van der Waals surface area contributed by atoms with Crippen molar-refractivity contribution in [2.75, 3.05) is 19.6 Å². The maximum Gasteiger partial charge on any atom is 0.00796 e. The highest BCUT2D eigenvalue weighted by Gasteiger charge is 2.09. The normalized spacial score (nSPS) is 20.8. The van der Waals surface area contributed by atoms with Gasteiger partial charge in [0, 0.05) is 6.04 Å². The lowest BCUT2D eigenvalue weighted by atomic mass is 10.1. The predicted molar refractivity (Wildman–Crippen MR) is 81.1 cm³/mol. The second-order valence-electron chi connectivity index (χ2n) is 5.81. The Morgan fingerprint density at radius 1 is 0.889 bits per heavy atom. The molecule has 1 saturated heterocycles. The van der Waals surface area contributed by atoms with Crippen LogP contribution in [-0.2, 0) is 0 Å². The smallest absolute Gasteiger partial charge is 0.00796 e. The minimum Gasteiger partial charge on any atom is -0.317 e. The van der Waals surface area contributed by atoms with Gasteiger partial charge in [0.2, 0.25) is 0 Å². The molecule has 1 fully saturated rings. The molecule has 1 aliphatic heterocycles. The van der Waals surface area contributed by atoms with E-state index in [0.717, 1.165) is 6.04 Å². The summed E-state index contributed by atoms with van der Waals surface area (Å²) in [6, 6.07) is 0.782. The second-order valence-corrected chi connectivity index (χ2v) is 5.81. The third kappa shape index (κ3) is 8.93. The summed E-state index contributed by atoms with van der Waals surface area (Å²) >= 11 is 0. The molecule has 1 atom stereocenters. The zero-order valence-corrected chi connectivity index (χ0v) is 12.5. The quantitative estimate of drug-likeness (QED) is 0.579. The molecule has 0 aromatic carbocycles. The van der Waals surface area contributed by atoms with Crippen LogP contribution in [0, 0.1) is 0 Å². The van der Waals surface area contributed by atoms with E-state index >= 15 is 0 Å². The van der Waals surface area contributed by atoms with Crippen molar-refractivity contribution in [1.82, 2.24) is 10.6 Å². The van der Waals surface area contributed by atoms with Gasteiger partial charge in [0.25, 0.3) is 0 Å². The molecule has 1 unspecified atom stereocenters. The van der Waals surface area contributed by atoms with E-state index in [1.807, 2.05) is 0 Å². The van der Waals surface area contributed by atoms with Crippen LogP contribution in [0.4, 0.5) is 0 Å². The molecule has 0 radical (unpaired) electrons. The van der Waals surface area contributed by atoms with Crippen molar-refractivity contribution in [2.45, 2.75) is 83.6 Å². The number of unbranched alkanes of at least 4 members (excludes halogenated alkanes) is 7. The Morgan fingerprint density at radius 3 is 2.39 bits per heavy atom. The van der Waals surface area contributed by atoms with Gasteiger partial charge in [-0.1, -0.05) is 51.9 Å². The molecule has 0 bridgehead atoms. The first kappa shape index (κ1) is 16.0. The van der Waals surface area contributed by atoms with Crippen molar-refractivity contribution in [3.8, 4) is 0 Å². The Hall–Kier alpha value is -0.0800. The van der Waals surface area contributed by atoms with Crippen LogP contribution in [0.5, 0.6) is 0 Å². The van der Waals surface area contributed by atoms with Gasteiger partial charge in [-0.25, -0.2) is 0 Å². The van der Waals surface area contributed by atoms with Crippen molar-refractivity contribution in [3.05, 3.63) is 0 Å². The number of hydrogen-bond acceptors (Lipinski definition) is 2. The number of nitrogens with one attached hydrogen (secondary N) is 2. The molecule has 2 heteroatoms. The van der Waals surface area contributed by atoms with E-state index in [0.29, 0.717) is 0 Å². The van der Waals surface area contributed by atoms with Crippen LogP contribution in [0.25, 0.3) is 0 Å². The van der Waals surface area contributed by atoms with Gasteiger partial charge in [0.05, 0.1) is 0 Å². The van der Waals surface area contributed by atoms with Crippen LogP contribution < -0.4 is 10.6 Å². The summed E-state index contributed by atoms with van der Waals surface area (Å²) in [7, 11) is 0. The van der Waals surface area contributed by atoms with E-state index in [1.54, 1.807) is 0 Å². The molecule has 0 aromatic heterocycles. The second kappa shape index (κ2) is 12.0. The lowest BCUT2D eigenvalue weighted by molar-refractivity contribution is 0.454. The first-order valence-corrected chi connectivity index (χ1v) is 8.37. The zero-order valence-electron chi connectivity index (χ0n) is 12.5. The lowest BCUT2D eigenvalue weighted by Gasteiger charge is -2.15. The topological polar surface area (TPSA) is 24.1 Å². The van der Waals surface area contributed by atoms with Gasteiger partial charge in [-0.05, 0) is 45.3 Å². The standard InChI is InChI=1S/C16H34N2/c1-2-3-4-5-6-7-8-9-14-18-16-11-10-13-17-15-12-16/h16-18H,2-15H2,1H3. The van der Waals surface area contributed by atoms with Gasteiger partial charge in [-0.15, -0.1) is 0 Å². The summed E-state index contributed by atoms with van der Waals surface area (Å²) in [5.74, 6) is 0. The first-order chi connectivity index (χ1) is 8.93. The Morgan fingerprint density at radius 2 is 1.61 bits per heavy atom. The molecular formula is C16H34N2. The fourth-order valence-electron chi connectivity index (χ4n) is 2.79. The van der Waals surface area contributed by atoms with Gasteiger partial charge >= 0.3 is 0 Å². The van der Waals surface area contributed by atoms with Crippen LogP contribution in [-0.4, -0.2) is 25.7 Å². The number of hydrogen-bond donors (Lipinski definition) is 2. The van der Waals surface area contributed by atoms with E-state index < -0.39 is 0 Å². The van der Waals surface area contributed by atoms with Crippen LogP contribution in [0.3, 0.4) is 0 Å². The van der Waals surface area contributed by atoms with Crippen molar-refractivity contribution >= 4 is 0 Å². The highest BCUT2D eigenvalue weighted by molar-refractivity contribution is 4.72. The molecule has 0 aromatic rings. The van der Waals surface area contributed by atoms with E-state index in [2.05, 4.69) is 17.6 Å². The average molecular weight is 254 g/mol. The van der Waals surface area contributed by atoms with Crippen LogP contribution in [0.2, 0.25) is 0 Å². The molecule has 2 nitrogen and oxygen atoms in total. The van der Waals surface area contributed by atoms with Crippen molar-refractivity contribution in [1.29, 1.82) is 0 Å². The Labute approximate surface area is 114 Å². The Kier molecular flexibility index (Phi) is 10.6. The molecule has 0 aliphatic carbocycles. The third-order valence-corrected chi connectivity index (χ3v) is 4.04. The molecule has 1 heterocycles. The van der Waals surface area contributed by atoms with Gasteiger partial charge < -0.3 is 10.6 Å². The van der Waals surface area contributed by atoms with E-state index in [4.69, 9.17) is 0 Å². The Balaban J connectivity index is 1.80. The van der Waals surface area contributed by atoms with E-state index in [-0.39, 0.29) is 0 Å². The highest BCUT2D eigenvalue weighted by Crippen LogP contribution is 2.09. The van der Waals surface area contributed by atoms with Crippen molar-refractivity contribution in [3.63, 3.8) is 0 Å². The van der Waals surface area contributed by atoms with E-state index in [9.17, 15) is 0 Å². The average Bonchev–Trinajstić information content (AvgIpc) is 2.65. The minimum atomic E-state index is 0.782. The molecule has 2 N–H and O–H groups in total.